The van der Waals surface area contributed by atoms with Gasteiger partial charge in [-0.15, -0.1) is 11.3 Å². The van der Waals surface area contributed by atoms with Crippen LogP contribution in [0.3, 0.4) is 0 Å². The summed E-state index contributed by atoms with van der Waals surface area (Å²) in [6.45, 7) is 2.51. The third-order valence-electron chi connectivity index (χ3n) is 4.79. The number of aromatic carboxylic acids is 1. The average Bonchev–Trinajstić information content (AvgIpc) is 3.31. The molecule has 0 fully saturated rings. The van der Waals surface area contributed by atoms with E-state index in [1.807, 2.05) is 0 Å². The van der Waals surface area contributed by atoms with Crippen LogP contribution in [0, 0.1) is 0 Å². The zero-order valence-corrected chi connectivity index (χ0v) is 18.0. The molecule has 0 spiro atoms. The van der Waals surface area contributed by atoms with Crippen molar-refractivity contribution in [3.05, 3.63) is 75.9 Å². The van der Waals surface area contributed by atoms with Gasteiger partial charge in [-0.3, -0.25) is 4.57 Å². The minimum Gasteiger partial charge on any atom is -0.484 e. The number of imidazole rings is 1. The molecule has 4 aromatic rings. The fourth-order valence-corrected chi connectivity index (χ4v) is 4.28. The minimum atomic E-state index is -2.98. The first-order valence-corrected chi connectivity index (χ1v) is 10.5. The third-order valence-corrected chi connectivity index (χ3v) is 6.13. The second kappa shape index (κ2) is 7.94. The highest BCUT2D eigenvalue weighted by atomic mass is 35.5. The van der Waals surface area contributed by atoms with Gasteiger partial charge in [0.2, 0.25) is 0 Å². The SMILES string of the molecule is CC(Oc1cc(-n2cnc3cc(Cl)ccc32)sc1C(=O)O)c1cccc(C(C)(F)F)c1. The number of carbonyl (C=O) groups is 1. The molecule has 9 heteroatoms. The van der Waals surface area contributed by atoms with Crippen molar-refractivity contribution in [2.45, 2.75) is 25.9 Å². The molecule has 2 aromatic heterocycles. The highest BCUT2D eigenvalue weighted by Crippen LogP contribution is 2.37. The summed E-state index contributed by atoms with van der Waals surface area (Å²) in [7, 11) is 0. The molecule has 5 nitrogen and oxygen atoms in total. The quantitative estimate of drug-likeness (QED) is 0.346. The van der Waals surface area contributed by atoms with E-state index in [1.54, 1.807) is 48.1 Å². The zero-order chi connectivity index (χ0) is 22.3. The number of aromatic nitrogens is 2. The first kappa shape index (κ1) is 21.3. The van der Waals surface area contributed by atoms with Gasteiger partial charge in [0.25, 0.3) is 5.92 Å². The molecule has 0 aliphatic carbocycles. The largest absolute Gasteiger partial charge is 0.484 e. The Morgan fingerprint density at radius 1 is 1.26 bits per heavy atom. The van der Waals surface area contributed by atoms with Crippen molar-refractivity contribution in [2.75, 3.05) is 0 Å². The number of benzene rings is 2. The number of hydrogen-bond donors (Lipinski definition) is 1. The van der Waals surface area contributed by atoms with Crippen molar-refractivity contribution in [1.82, 2.24) is 9.55 Å². The van der Waals surface area contributed by atoms with Gasteiger partial charge in [0.15, 0.2) is 4.88 Å². The lowest BCUT2D eigenvalue weighted by Crippen LogP contribution is -2.10. The summed E-state index contributed by atoms with van der Waals surface area (Å²) in [6, 6.07) is 12.8. The predicted molar refractivity (Wildman–Crippen MR) is 116 cm³/mol. The van der Waals surface area contributed by atoms with Crippen LogP contribution in [-0.4, -0.2) is 20.6 Å². The number of halogens is 3. The van der Waals surface area contributed by atoms with E-state index in [1.165, 1.54) is 18.2 Å². The van der Waals surface area contributed by atoms with E-state index in [0.717, 1.165) is 23.8 Å². The Labute approximate surface area is 185 Å². The van der Waals surface area contributed by atoms with Crippen molar-refractivity contribution in [3.8, 4) is 10.8 Å². The maximum absolute atomic E-state index is 13.7. The highest BCUT2D eigenvalue weighted by molar-refractivity contribution is 7.16. The van der Waals surface area contributed by atoms with Gasteiger partial charge in [0.1, 0.15) is 23.2 Å². The number of carboxylic acids is 1. The molecule has 1 unspecified atom stereocenters. The number of ether oxygens (including phenoxy) is 1. The van der Waals surface area contributed by atoms with Crippen molar-refractivity contribution in [1.29, 1.82) is 0 Å². The van der Waals surface area contributed by atoms with Gasteiger partial charge < -0.3 is 9.84 Å². The molecule has 2 aromatic carbocycles. The lowest BCUT2D eigenvalue weighted by molar-refractivity contribution is 0.0172. The first-order chi connectivity index (χ1) is 14.6. The van der Waals surface area contributed by atoms with Crippen molar-refractivity contribution < 1.29 is 23.4 Å². The number of rotatable bonds is 6. The van der Waals surface area contributed by atoms with E-state index in [2.05, 4.69) is 4.98 Å². The summed E-state index contributed by atoms with van der Waals surface area (Å²) >= 11 is 7.04. The molecule has 0 saturated heterocycles. The van der Waals surface area contributed by atoms with E-state index in [4.69, 9.17) is 16.3 Å². The summed E-state index contributed by atoms with van der Waals surface area (Å²) < 4.78 is 35.0. The molecule has 4 rings (SSSR count). The second-order valence-corrected chi connectivity index (χ2v) is 8.57. The van der Waals surface area contributed by atoms with Gasteiger partial charge in [-0.05, 0) is 36.8 Å². The number of nitrogens with zero attached hydrogens (tertiary/aromatic N) is 2. The third kappa shape index (κ3) is 4.26. The topological polar surface area (TPSA) is 64.4 Å². The number of fused-ring (bicyclic) bond motifs is 1. The van der Waals surface area contributed by atoms with E-state index < -0.39 is 18.0 Å². The number of carboxylic acid groups (broad SMARTS) is 1. The van der Waals surface area contributed by atoms with Crippen LogP contribution in [0.5, 0.6) is 5.75 Å². The van der Waals surface area contributed by atoms with Gasteiger partial charge >= 0.3 is 5.97 Å². The lowest BCUT2D eigenvalue weighted by Gasteiger charge is -2.17. The van der Waals surface area contributed by atoms with Crippen molar-refractivity contribution in [2.24, 2.45) is 0 Å². The maximum atomic E-state index is 13.7. The molecule has 1 N–H and O–H groups in total. The number of alkyl halides is 2. The zero-order valence-electron chi connectivity index (χ0n) is 16.5. The van der Waals surface area contributed by atoms with E-state index in [-0.39, 0.29) is 16.2 Å². The summed E-state index contributed by atoms with van der Waals surface area (Å²) in [5.41, 5.74) is 1.82. The molecule has 0 aliphatic heterocycles. The van der Waals surface area contributed by atoms with Crippen LogP contribution >= 0.6 is 22.9 Å². The van der Waals surface area contributed by atoms with Crippen LogP contribution in [0.4, 0.5) is 8.78 Å². The molecule has 160 valence electrons. The molecule has 0 aliphatic rings. The van der Waals surface area contributed by atoms with Crippen LogP contribution in [0.2, 0.25) is 5.02 Å². The Kier molecular flexibility index (Phi) is 5.45. The molecule has 1 atom stereocenters. The van der Waals surface area contributed by atoms with Crippen molar-refractivity contribution >= 4 is 39.9 Å². The Morgan fingerprint density at radius 2 is 2.03 bits per heavy atom. The molecule has 2 heterocycles. The summed E-state index contributed by atoms with van der Waals surface area (Å²) in [5.74, 6) is -3.97. The van der Waals surface area contributed by atoms with Crippen LogP contribution in [0.1, 0.15) is 40.8 Å². The molecular formula is C22H17ClF2N2O3S. The molecule has 0 radical (unpaired) electrons. The smallest absolute Gasteiger partial charge is 0.349 e. The van der Waals surface area contributed by atoms with Crippen LogP contribution < -0.4 is 4.74 Å². The Hall–Kier alpha value is -2.97. The summed E-state index contributed by atoms with van der Waals surface area (Å²) in [4.78, 5) is 16.1. The maximum Gasteiger partial charge on any atom is 0.349 e. The monoisotopic (exact) mass is 462 g/mol. The fourth-order valence-electron chi connectivity index (χ4n) is 3.20. The van der Waals surface area contributed by atoms with Crippen LogP contribution in [-0.2, 0) is 5.92 Å². The molecule has 31 heavy (non-hydrogen) atoms. The Balaban J connectivity index is 1.69. The van der Waals surface area contributed by atoms with Gasteiger partial charge in [-0.2, -0.15) is 0 Å². The van der Waals surface area contributed by atoms with E-state index in [0.29, 0.717) is 21.1 Å². The Bertz CT molecular complexity index is 1280. The molecule has 0 bridgehead atoms. The fraction of sp³-hybridized carbons (Fsp3) is 0.182. The van der Waals surface area contributed by atoms with Crippen molar-refractivity contribution in [3.63, 3.8) is 0 Å². The summed E-state index contributed by atoms with van der Waals surface area (Å²) in [5, 5.41) is 10.8. The molecular weight excluding hydrogens is 446 g/mol. The lowest BCUT2D eigenvalue weighted by atomic mass is 10.0. The van der Waals surface area contributed by atoms with Gasteiger partial charge in [-0.25, -0.2) is 18.6 Å². The van der Waals surface area contributed by atoms with E-state index >= 15 is 0 Å². The van der Waals surface area contributed by atoms with Gasteiger partial charge in [-0.1, -0.05) is 29.8 Å². The normalized spacial score (nSPS) is 12.8. The van der Waals surface area contributed by atoms with Gasteiger partial charge in [0, 0.05) is 23.6 Å². The summed E-state index contributed by atoms with van der Waals surface area (Å²) in [6.07, 6.45) is 0.944. The second-order valence-electron chi connectivity index (χ2n) is 7.10. The van der Waals surface area contributed by atoms with Crippen LogP contribution in [0.15, 0.2) is 54.9 Å². The van der Waals surface area contributed by atoms with Crippen LogP contribution in [0.25, 0.3) is 16.0 Å². The predicted octanol–water partition coefficient (Wildman–Crippen LogP) is 6.69. The molecule has 0 amide bonds. The molecule has 0 saturated carbocycles. The number of thiophene rings is 1. The van der Waals surface area contributed by atoms with Gasteiger partial charge in [0.05, 0.1) is 11.0 Å². The highest BCUT2D eigenvalue weighted by Gasteiger charge is 2.26. The Morgan fingerprint density at radius 3 is 2.74 bits per heavy atom. The standard InChI is InChI=1S/C22H17ClF2N2O3S/c1-12(13-4-3-5-14(8-13)22(2,24)25)30-18-10-19(31-20(18)21(28)29)27-11-26-16-9-15(23)6-7-17(16)27/h3-12H,1-2H3,(H,28,29). The van der Waals surface area contributed by atoms with E-state index in [9.17, 15) is 18.7 Å². The first-order valence-electron chi connectivity index (χ1n) is 9.28. The number of hydrogen-bond acceptors (Lipinski definition) is 4. The average molecular weight is 463 g/mol. The minimum absolute atomic E-state index is 0.00893.